The van der Waals surface area contributed by atoms with E-state index in [4.69, 9.17) is 4.74 Å². The highest BCUT2D eigenvalue weighted by Crippen LogP contribution is 2.25. The molecule has 0 saturated carbocycles. The lowest BCUT2D eigenvalue weighted by Crippen LogP contribution is -2.40. The van der Waals surface area contributed by atoms with Gasteiger partial charge in [-0.1, -0.05) is 13.3 Å². The molecule has 7 nitrogen and oxygen atoms in total. The summed E-state index contributed by atoms with van der Waals surface area (Å²) in [6.45, 7) is 6.35. The highest BCUT2D eigenvalue weighted by molar-refractivity contribution is 5.67. The van der Waals surface area contributed by atoms with E-state index in [1.54, 1.807) is 16.5 Å². The molecule has 0 aromatic carbocycles. The molecule has 2 heterocycles. The Morgan fingerprint density at radius 1 is 1.41 bits per heavy atom. The molecule has 1 fully saturated rings. The molecule has 0 radical (unpaired) electrons. The Kier molecular flexibility index (Phi) is 5.63. The lowest BCUT2D eigenvalue weighted by Gasteiger charge is -2.31. The molecular formula is C15H26N4O3. The predicted octanol–water partition coefficient (Wildman–Crippen LogP) is 1.72. The van der Waals surface area contributed by atoms with Crippen molar-refractivity contribution in [3.05, 3.63) is 16.3 Å². The molecule has 1 aliphatic heterocycles. The van der Waals surface area contributed by atoms with E-state index in [2.05, 4.69) is 12.0 Å². The summed E-state index contributed by atoms with van der Waals surface area (Å²) >= 11 is 0. The minimum atomic E-state index is -0.250. The molecule has 1 aromatic heterocycles. The molecule has 1 atom stereocenters. The van der Waals surface area contributed by atoms with Crippen molar-refractivity contribution in [2.75, 3.05) is 19.7 Å². The van der Waals surface area contributed by atoms with Crippen LogP contribution < -0.4 is 5.69 Å². The Hall–Kier alpha value is -1.79. The Morgan fingerprint density at radius 2 is 2.18 bits per heavy atom. The maximum Gasteiger partial charge on any atom is 0.409 e. The van der Waals surface area contributed by atoms with E-state index in [1.165, 1.54) is 4.68 Å². The van der Waals surface area contributed by atoms with Gasteiger partial charge < -0.3 is 9.64 Å². The van der Waals surface area contributed by atoms with Crippen molar-refractivity contribution >= 4 is 6.09 Å². The predicted molar refractivity (Wildman–Crippen MR) is 82.9 cm³/mol. The highest BCUT2D eigenvalue weighted by Gasteiger charge is 2.29. The quantitative estimate of drug-likeness (QED) is 0.777. The van der Waals surface area contributed by atoms with Crippen molar-refractivity contribution in [2.45, 2.75) is 52.0 Å². The Morgan fingerprint density at radius 3 is 2.86 bits per heavy atom. The van der Waals surface area contributed by atoms with Gasteiger partial charge in [-0.25, -0.2) is 14.3 Å². The highest BCUT2D eigenvalue weighted by atomic mass is 16.6. The summed E-state index contributed by atoms with van der Waals surface area (Å²) in [7, 11) is 1.66. The van der Waals surface area contributed by atoms with Crippen LogP contribution in [0.4, 0.5) is 4.79 Å². The Labute approximate surface area is 130 Å². The standard InChI is InChI=1S/C15H26N4O3/c1-4-6-10-22-15(21)18-9-7-8-12(11-18)13-16-17(3)14(20)19(13)5-2/h12H,4-11H2,1-3H3/t12-/m1/s1. The first kappa shape index (κ1) is 16.6. The first-order valence-corrected chi connectivity index (χ1v) is 8.13. The molecule has 2 rings (SSSR count). The topological polar surface area (TPSA) is 69.4 Å². The first-order chi connectivity index (χ1) is 10.6. The van der Waals surface area contributed by atoms with Crippen LogP contribution in [-0.4, -0.2) is 45.0 Å². The van der Waals surface area contributed by atoms with Crippen LogP contribution in [0.1, 0.15) is 51.3 Å². The van der Waals surface area contributed by atoms with Crippen molar-refractivity contribution in [2.24, 2.45) is 7.05 Å². The largest absolute Gasteiger partial charge is 0.449 e. The molecule has 1 aromatic rings. The van der Waals surface area contributed by atoms with Crippen LogP contribution >= 0.6 is 0 Å². The fourth-order valence-electron chi connectivity index (χ4n) is 2.87. The lowest BCUT2D eigenvalue weighted by molar-refractivity contribution is 0.0895. The molecule has 1 amide bonds. The van der Waals surface area contributed by atoms with Gasteiger partial charge in [-0.2, -0.15) is 5.10 Å². The third-order valence-corrected chi connectivity index (χ3v) is 4.12. The van der Waals surface area contributed by atoms with Crippen LogP contribution in [0, 0.1) is 0 Å². The summed E-state index contributed by atoms with van der Waals surface area (Å²) in [6.07, 6.45) is 3.49. The number of unbranched alkanes of at least 4 members (excludes halogenated alkanes) is 1. The molecule has 0 aliphatic carbocycles. The molecule has 7 heteroatoms. The summed E-state index contributed by atoms with van der Waals surface area (Å²) < 4.78 is 8.35. The molecule has 1 saturated heterocycles. The van der Waals surface area contributed by atoms with Crippen LogP contribution in [0.3, 0.4) is 0 Å². The van der Waals surface area contributed by atoms with Crippen LogP contribution in [0.25, 0.3) is 0 Å². The van der Waals surface area contributed by atoms with Gasteiger partial charge in [0.15, 0.2) is 0 Å². The van der Waals surface area contributed by atoms with Gasteiger partial charge in [-0.3, -0.25) is 4.57 Å². The van der Waals surface area contributed by atoms with Gasteiger partial charge in [-0.05, 0) is 26.2 Å². The third kappa shape index (κ3) is 3.51. The number of hydrogen-bond acceptors (Lipinski definition) is 4. The summed E-state index contributed by atoms with van der Waals surface area (Å²) in [4.78, 5) is 25.8. The second-order valence-corrected chi connectivity index (χ2v) is 5.76. The van der Waals surface area contributed by atoms with Crippen molar-refractivity contribution in [3.63, 3.8) is 0 Å². The van der Waals surface area contributed by atoms with Gasteiger partial charge >= 0.3 is 11.8 Å². The number of piperidine rings is 1. The number of aryl methyl sites for hydroxylation is 1. The molecular weight excluding hydrogens is 284 g/mol. The summed E-state index contributed by atoms with van der Waals surface area (Å²) in [5.41, 5.74) is -0.0971. The number of nitrogens with zero attached hydrogens (tertiary/aromatic N) is 4. The van der Waals surface area contributed by atoms with Gasteiger partial charge in [0.25, 0.3) is 0 Å². The van der Waals surface area contributed by atoms with Crippen LogP contribution in [0.2, 0.25) is 0 Å². The van der Waals surface area contributed by atoms with E-state index in [1.807, 2.05) is 6.92 Å². The van der Waals surface area contributed by atoms with Gasteiger partial charge in [0.1, 0.15) is 5.82 Å². The average molecular weight is 310 g/mol. The third-order valence-electron chi connectivity index (χ3n) is 4.12. The van der Waals surface area contributed by atoms with Crippen molar-refractivity contribution in [1.29, 1.82) is 0 Å². The zero-order valence-corrected chi connectivity index (χ0v) is 13.7. The van der Waals surface area contributed by atoms with Crippen molar-refractivity contribution in [3.8, 4) is 0 Å². The second-order valence-electron chi connectivity index (χ2n) is 5.76. The Bertz CT molecular complexity index is 564. The van der Waals surface area contributed by atoms with Crippen molar-refractivity contribution < 1.29 is 9.53 Å². The SMILES string of the molecule is CCCCOC(=O)N1CCC[C@@H](c2nn(C)c(=O)n2CC)C1. The van der Waals surface area contributed by atoms with E-state index in [0.717, 1.165) is 31.5 Å². The van der Waals surface area contributed by atoms with Crippen LogP contribution in [0.15, 0.2) is 4.79 Å². The fraction of sp³-hybridized carbons (Fsp3) is 0.800. The molecule has 0 N–H and O–H groups in total. The number of amides is 1. The zero-order chi connectivity index (χ0) is 16.1. The van der Waals surface area contributed by atoms with Crippen molar-refractivity contribution in [1.82, 2.24) is 19.2 Å². The van der Waals surface area contributed by atoms with Crippen LogP contribution in [-0.2, 0) is 18.3 Å². The van der Waals surface area contributed by atoms with Gasteiger partial charge in [0.2, 0.25) is 0 Å². The number of aromatic nitrogens is 3. The van der Waals surface area contributed by atoms with Gasteiger partial charge in [0, 0.05) is 32.6 Å². The molecule has 1 aliphatic rings. The maximum absolute atomic E-state index is 12.1. The molecule has 0 unspecified atom stereocenters. The second kappa shape index (κ2) is 7.47. The molecule has 124 valence electrons. The number of carbonyl (C=O) groups is 1. The summed E-state index contributed by atoms with van der Waals surface area (Å²) in [5.74, 6) is 0.877. The number of hydrogen-bond donors (Lipinski definition) is 0. The number of likely N-dealkylation sites (tertiary alicyclic amines) is 1. The average Bonchev–Trinajstić information content (AvgIpc) is 2.82. The maximum atomic E-state index is 12.1. The zero-order valence-electron chi connectivity index (χ0n) is 13.7. The Balaban J connectivity index is 2.06. The smallest absolute Gasteiger partial charge is 0.409 e. The minimum absolute atomic E-state index is 0.0971. The first-order valence-electron chi connectivity index (χ1n) is 8.13. The van der Waals surface area contributed by atoms with E-state index in [9.17, 15) is 9.59 Å². The summed E-state index contributed by atoms with van der Waals surface area (Å²) in [6, 6.07) is 0. The van der Waals surface area contributed by atoms with E-state index in [-0.39, 0.29) is 17.7 Å². The van der Waals surface area contributed by atoms with Gasteiger partial charge in [-0.15, -0.1) is 0 Å². The fourth-order valence-corrected chi connectivity index (χ4v) is 2.87. The summed E-state index contributed by atoms with van der Waals surface area (Å²) in [5, 5.41) is 4.36. The monoisotopic (exact) mass is 310 g/mol. The van der Waals surface area contributed by atoms with E-state index >= 15 is 0 Å². The van der Waals surface area contributed by atoms with Gasteiger partial charge in [0.05, 0.1) is 6.61 Å². The normalized spacial score (nSPS) is 18.5. The minimum Gasteiger partial charge on any atom is -0.449 e. The number of carbonyl (C=O) groups excluding carboxylic acids is 1. The van der Waals surface area contributed by atoms with Crippen LogP contribution in [0.5, 0.6) is 0 Å². The lowest BCUT2D eigenvalue weighted by atomic mass is 9.97. The number of rotatable bonds is 5. The van der Waals surface area contributed by atoms with E-state index < -0.39 is 0 Å². The molecule has 0 bridgehead atoms. The molecule has 22 heavy (non-hydrogen) atoms. The molecule has 0 spiro atoms. The number of ether oxygens (including phenoxy) is 1. The van der Waals surface area contributed by atoms with E-state index in [0.29, 0.717) is 26.2 Å².